The summed E-state index contributed by atoms with van der Waals surface area (Å²) in [6, 6.07) is 5.52. The summed E-state index contributed by atoms with van der Waals surface area (Å²) in [5.41, 5.74) is 1.50. The van der Waals surface area contributed by atoms with Crippen molar-refractivity contribution in [2.75, 3.05) is 11.0 Å². The van der Waals surface area contributed by atoms with E-state index >= 15 is 0 Å². The number of carbonyl (C=O) groups excluding carboxylic acids is 1. The van der Waals surface area contributed by atoms with Crippen molar-refractivity contribution in [3.8, 4) is 0 Å². The van der Waals surface area contributed by atoms with Gasteiger partial charge in [0.2, 0.25) is 0 Å². The van der Waals surface area contributed by atoms with Crippen molar-refractivity contribution in [2.24, 2.45) is 0 Å². The van der Waals surface area contributed by atoms with Gasteiger partial charge in [0.1, 0.15) is 0 Å². The topological polar surface area (TPSA) is 29.1 Å². The van der Waals surface area contributed by atoms with Crippen LogP contribution in [0.5, 0.6) is 0 Å². The third kappa shape index (κ3) is 4.84. The van der Waals surface area contributed by atoms with Gasteiger partial charge in [-0.25, -0.2) is 0 Å². The second-order valence-electron chi connectivity index (χ2n) is 3.94. The summed E-state index contributed by atoms with van der Waals surface area (Å²) in [5.74, 6) is -0.0758. The summed E-state index contributed by atoms with van der Waals surface area (Å²) in [7, 11) is 0. The fourth-order valence-electron chi connectivity index (χ4n) is 1.52. The van der Waals surface area contributed by atoms with Crippen molar-refractivity contribution in [3.05, 3.63) is 34.3 Å². The van der Waals surface area contributed by atoms with E-state index in [4.69, 9.17) is 11.6 Å². The molecule has 94 valence electrons. The molecule has 0 saturated carbocycles. The molecular formula is C13H17ClINO. The van der Waals surface area contributed by atoms with Crippen LogP contribution in [0.25, 0.3) is 0 Å². The highest BCUT2D eigenvalue weighted by Gasteiger charge is 2.10. The Kier molecular flexibility index (Phi) is 6.89. The second kappa shape index (κ2) is 7.93. The summed E-state index contributed by atoms with van der Waals surface area (Å²) in [5, 5.41) is 3.45. The fraction of sp³-hybridized carbons (Fsp3) is 0.462. The maximum absolute atomic E-state index is 11.9. The summed E-state index contributed by atoms with van der Waals surface area (Å²) in [6.07, 6.45) is 3.39. The molecule has 1 N–H and O–H groups in total. The largest absolute Gasteiger partial charge is 0.352 e. The predicted octanol–water partition coefficient (Wildman–Crippen LogP) is 3.98. The minimum atomic E-state index is -0.0758. The van der Waals surface area contributed by atoms with Crippen molar-refractivity contribution in [3.63, 3.8) is 0 Å². The summed E-state index contributed by atoms with van der Waals surface area (Å²) >= 11 is 8.45. The molecule has 4 heteroatoms. The van der Waals surface area contributed by atoms with Gasteiger partial charge in [-0.05, 0) is 35.8 Å². The molecule has 0 aliphatic rings. The highest BCUT2D eigenvalue weighted by atomic mass is 127. The van der Waals surface area contributed by atoms with Gasteiger partial charge in [-0.2, -0.15) is 0 Å². The molecular weight excluding hydrogens is 349 g/mol. The van der Waals surface area contributed by atoms with Crippen LogP contribution < -0.4 is 5.32 Å². The van der Waals surface area contributed by atoms with Gasteiger partial charge in [0.05, 0.1) is 10.6 Å². The molecule has 1 aromatic carbocycles. The SMILES string of the molecule is Cc1cccc(C(=O)NCCCCCI)c1Cl. The highest BCUT2D eigenvalue weighted by Crippen LogP contribution is 2.19. The number of unbranched alkanes of at least 4 members (excludes halogenated alkanes) is 2. The molecule has 1 amide bonds. The van der Waals surface area contributed by atoms with Crippen molar-refractivity contribution < 1.29 is 4.79 Å². The maximum Gasteiger partial charge on any atom is 0.252 e. The first-order chi connectivity index (χ1) is 8.16. The Bertz CT molecular complexity index is 382. The standard InChI is InChI=1S/C13H17ClINO/c1-10-6-5-7-11(12(10)14)13(17)16-9-4-2-3-8-15/h5-7H,2-4,8-9H2,1H3,(H,16,17). The molecule has 0 radical (unpaired) electrons. The van der Waals surface area contributed by atoms with Crippen molar-refractivity contribution in [1.82, 2.24) is 5.32 Å². The number of aryl methyl sites for hydroxylation is 1. The number of alkyl halides is 1. The smallest absolute Gasteiger partial charge is 0.252 e. The Morgan fingerprint density at radius 1 is 1.35 bits per heavy atom. The number of amides is 1. The molecule has 0 bridgehead atoms. The number of hydrogen-bond acceptors (Lipinski definition) is 1. The quantitative estimate of drug-likeness (QED) is 0.461. The Labute approximate surface area is 121 Å². The molecule has 0 aliphatic carbocycles. The van der Waals surface area contributed by atoms with Gasteiger partial charge in [0.15, 0.2) is 0 Å². The van der Waals surface area contributed by atoms with Crippen LogP contribution in [0.15, 0.2) is 18.2 Å². The molecule has 0 spiro atoms. The Morgan fingerprint density at radius 3 is 2.82 bits per heavy atom. The Morgan fingerprint density at radius 2 is 2.12 bits per heavy atom. The lowest BCUT2D eigenvalue weighted by molar-refractivity contribution is 0.0953. The zero-order chi connectivity index (χ0) is 12.7. The van der Waals surface area contributed by atoms with E-state index in [1.165, 1.54) is 10.8 Å². The van der Waals surface area contributed by atoms with E-state index in [-0.39, 0.29) is 5.91 Å². The maximum atomic E-state index is 11.9. The first-order valence-electron chi connectivity index (χ1n) is 5.76. The van der Waals surface area contributed by atoms with Crippen LogP contribution in [0.3, 0.4) is 0 Å². The van der Waals surface area contributed by atoms with E-state index in [1.807, 2.05) is 19.1 Å². The molecule has 0 saturated heterocycles. The molecule has 0 unspecified atom stereocenters. The zero-order valence-electron chi connectivity index (χ0n) is 9.93. The van der Waals surface area contributed by atoms with Crippen LogP contribution in [0, 0.1) is 6.92 Å². The van der Waals surface area contributed by atoms with E-state index in [0.717, 1.165) is 24.9 Å². The van der Waals surface area contributed by atoms with Gasteiger partial charge in [0, 0.05) is 6.54 Å². The summed E-state index contributed by atoms with van der Waals surface area (Å²) in [6.45, 7) is 2.62. The lowest BCUT2D eigenvalue weighted by Crippen LogP contribution is -2.24. The minimum absolute atomic E-state index is 0.0758. The normalized spacial score (nSPS) is 10.3. The predicted molar refractivity (Wildman–Crippen MR) is 81.3 cm³/mol. The molecule has 0 heterocycles. The average Bonchev–Trinajstić information content (AvgIpc) is 2.32. The molecule has 0 atom stereocenters. The van der Waals surface area contributed by atoms with Crippen LogP contribution in [0.1, 0.15) is 35.2 Å². The monoisotopic (exact) mass is 365 g/mol. The van der Waals surface area contributed by atoms with Gasteiger partial charge in [-0.15, -0.1) is 0 Å². The van der Waals surface area contributed by atoms with E-state index in [0.29, 0.717) is 10.6 Å². The van der Waals surface area contributed by atoms with Gasteiger partial charge in [-0.1, -0.05) is 52.7 Å². The van der Waals surface area contributed by atoms with E-state index in [2.05, 4.69) is 27.9 Å². The van der Waals surface area contributed by atoms with Gasteiger partial charge in [-0.3, -0.25) is 4.79 Å². The Balaban J connectivity index is 2.44. The fourth-order valence-corrected chi connectivity index (χ4v) is 2.27. The number of carbonyl (C=O) groups is 1. The lowest BCUT2D eigenvalue weighted by Gasteiger charge is -2.07. The lowest BCUT2D eigenvalue weighted by atomic mass is 10.1. The summed E-state index contributed by atoms with van der Waals surface area (Å²) in [4.78, 5) is 11.9. The summed E-state index contributed by atoms with van der Waals surface area (Å²) < 4.78 is 1.18. The third-order valence-corrected chi connectivity index (χ3v) is 3.80. The van der Waals surface area contributed by atoms with Crippen LogP contribution in [-0.4, -0.2) is 16.9 Å². The van der Waals surface area contributed by atoms with Crippen LogP contribution in [0.4, 0.5) is 0 Å². The minimum Gasteiger partial charge on any atom is -0.352 e. The number of benzene rings is 1. The van der Waals surface area contributed by atoms with Gasteiger partial charge >= 0.3 is 0 Å². The zero-order valence-corrected chi connectivity index (χ0v) is 12.8. The molecule has 0 aromatic heterocycles. The molecule has 0 aliphatic heterocycles. The van der Waals surface area contributed by atoms with Crippen molar-refractivity contribution in [1.29, 1.82) is 0 Å². The average molecular weight is 366 g/mol. The van der Waals surface area contributed by atoms with Crippen molar-refractivity contribution >= 4 is 40.1 Å². The molecule has 2 nitrogen and oxygen atoms in total. The van der Waals surface area contributed by atoms with Gasteiger partial charge in [0.25, 0.3) is 5.91 Å². The number of rotatable bonds is 6. The molecule has 17 heavy (non-hydrogen) atoms. The highest BCUT2D eigenvalue weighted by molar-refractivity contribution is 14.1. The van der Waals surface area contributed by atoms with E-state index in [1.54, 1.807) is 6.07 Å². The number of hydrogen-bond donors (Lipinski definition) is 1. The van der Waals surface area contributed by atoms with Gasteiger partial charge < -0.3 is 5.32 Å². The Hall–Kier alpha value is -0.290. The first-order valence-corrected chi connectivity index (χ1v) is 7.66. The second-order valence-corrected chi connectivity index (χ2v) is 5.40. The van der Waals surface area contributed by atoms with E-state index in [9.17, 15) is 4.79 Å². The third-order valence-electron chi connectivity index (χ3n) is 2.53. The molecule has 0 fully saturated rings. The first kappa shape index (κ1) is 14.8. The van der Waals surface area contributed by atoms with E-state index < -0.39 is 0 Å². The number of halogens is 2. The number of nitrogens with one attached hydrogen (secondary N) is 1. The van der Waals surface area contributed by atoms with Crippen LogP contribution in [-0.2, 0) is 0 Å². The van der Waals surface area contributed by atoms with Crippen LogP contribution in [0.2, 0.25) is 5.02 Å². The van der Waals surface area contributed by atoms with Crippen molar-refractivity contribution in [2.45, 2.75) is 26.2 Å². The molecule has 1 rings (SSSR count). The van der Waals surface area contributed by atoms with Crippen LogP contribution >= 0.6 is 34.2 Å². The molecule has 1 aromatic rings.